The van der Waals surface area contributed by atoms with Crippen molar-refractivity contribution in [2.24, 2.45) is 0 Å². The topological polar surface area (TPSA) is 77.1 Å². The maximum absolute atomic E-state index is 12.4. The molecule has 0 saturated carbocycles. The molecule has 2 aromatic rings. The minimum Gasteiger partial charge on any atom is -0.493 e. The molecule has 1 saturated heterocycles. The van der Waals surface area contributed by atoms with Crippen LogP contribution >= 0.6 is 0 Å². The third-order valence-electron chi connectivity index (χ3n) is 4.85. The molecule has 7 nitrogen and oxygen atoms in total. The van der Waals surface area contributed by atoms with Gasteiger partial charge in [-0.2, -0.15) is 0 Å². The van der Waals surface area contributed by atoms with Gasteiger partial charge in [0, 0.05) is 31.3 Å². The second-order valence-corrected chi connectivity index (χ2v) is 6.90. The van der Waals surface area contributed by atoms with Gasteiger partial charge in [0.05, 0.1) is 21.3 Å². The molecule has 158 valence electrons. The number of nitrogens with zero attached hydrogens (tertiary/aromatic N) is 1. The lowest BCUT2D eigenvalue weighted by Gasteiger charge is -2.16. The summed E-state index contributed by atoms with van der Waals surface area (Å²) in [6.45, 7) is 1.34. The van der Waals surface area contributed by atoms with Crippen molar-refractivity contribution < 1.29 is 23.8 Å². The largest absolute Gasteiger partial charge is 0.493 e. The quantitative estimate of drug-likeness (QED) is 0.674. The summed E-state index contributed by atoms with van der Waals surface area (Å²) in [6.07, 6.45) is 4.63. The van der Waals surface area contributed by atoms with Crippen LogP contribution in [0.15, 0.2) is 42.5 Å². The second kappa shape index (κ2) is 9.82. The fraction of sp³-hybridized carbons (Fsp3) is 0.304. The predicted octanol–water partition coefficient (Wildman–Crippen LogP) is 3.49. The highest BCUT2D eigenvalue weighted by molar-refractivity contribution is 6.02. The average Bonchev–Trinajstić information content (AvgIpc) is 3.15. The van der Waals surface area contributed by atoms with E-state index >= 15 is 0 Å². The maximum atomic E-state index is 12.4. The number of ether oxygens (including phenoxy) is 3. The number of carbonyl (C=O) groups is 2. The summed E-state index contributed by atoms with van der Waals surface area (Å²) in [6, 6.07) is 11.1. The summed E-state index contributed by atoms with van der Waals surface area (Å²) in [5.74, 6) is 1.44. The van der Waals surface area contributed by atoms with Crippen LogP contribution in [0.2, 0.25) is 0 Å². The number of nitrogens with one attached hydrogen (secondary N) is 1. The first kappa shape index (κ1) is 21.2. The zero-order valence-electron chi connectivity index (χ0n) is 17.4. The van der Waals surface area contributed by atoms with E-state index < -0.39 is 0 Å². The normalized spacial score (nSPS) is 13.6. The van der Waals surface area contributed by atoms with E-state index in [0.717, 1.165) is 24.1 Å². The number of methoxy groups -OCH3 is 3. The Morgan fingerprint density at radius 2 is 1.83 bits per heavy atom. The van der Waals surface area contributed by atoms with Crippen molar-refractivity contribution in [1.29, 1.82) is 0 Å². The van der Waals surface area contributed by atoms with Gasteiger partial charge in [-0.1, -0.05) is 12.1 Å². The molecule has 3 rings (SSSR count). The molecule has 1 N–H and O–H groups in total. The maximum Gasteiger partial charge on any atom is 0.248 e. The van der Waals surface area contributed by atoms with Crippen molar-refractivity contribution in [3.8, 4) is 17.2 Å². The fourth-order valence-corrected chi connectivity index (χ4v) is 3.39. The van der Waals surface area contributed by atoms with Crippen LogP contribution in [0.1, 0.15) is 24.0 Å². The van der Waals surface area contributed by atoms with Gasteiger partial charge in [-0.05, 0) is 47.9 Å². The summed E-state index contributed by atoms with van der Waals surface area (Å²) in [4.78, 5) is 26.0. The van der Waals surface area contributed by atoms with E-state index in [1.54, 1.807) is 32.4 Å². The van der Waals surface area contributed by atoms with Crippen molar-refractivity contribution in [2.75, 3.05) is 33.2 Å². The lowest BCUT2D eigenvalue weighted by molar-refractivity contribution is -0.128. The molecule has 0 radical (unpaired) electrons. The van der Waals surface area contributed by atoms with Gasteiger partial charge in [-0.25, -0.2) is 0 Å². The molecular formula is C23H26N2O5. The monoisotopic (exact) mass is 410 g/mol. The van der Waals surface area contributed by atoms with Crippen LogP contribution < -0.4 is 19.5 Å². The van der Waals surface area contributed by atoms with E-state index in [2.05, 4.69) is 5.32 Å². The van der Waals surface area contributed by atoms with Gasteiger partial charge in [-0.15, -0.1) is 0 Å². The molecule has 0 spiro atoms. The first-order valence-corrected chi connectivity index (χ1v) is 9.70. The molecule has 0 aliphatic carbocycles. The molecular weight excluding hydrogens is 384 g/mol. The zero-order valence-corrected chi connectivity index (χ0v) is 17.4. The van der Waals surface area contributed by atoms with Crippen LogP contribution in [0.3, 0.4) is 0 Å². The van der Waals surface area contributed by atoms with Gasteiger partial charge >= 0.3 is 0 Å². The summed E-state index contributed by atoms with van der Waals surface area (Å²) in [5, 5.41) is 2.85. The Balaban J connectivity index is 1.67. The highest BCUT2D eigenvalue weighted by atomic mass is 16.5. The van der Waals surface area contributed by atoms with E-state index in [9.17, 15) is 9.59 Å². The molecule has 30 heavy (non-hydrogen) atoms. The Hall–Kier alpha value is -3.48. The Morgan fingerprint density at radius 1 is 1.10 bits per heavy atom. The number of anilines is 1. The van der Waals surface area contributed by atoms with Crippen LogP contribution in [0.5, 0.6) is 17.2 Å². The first-order valence-electron chi connectivity index (χ1n) is 9.70. The van der Waals surface area contributed by atoms with E-state index in [1.807, 2.05) is 29.2 Å². The third kappa shape index (κ3) is 5.11. The van der Waals surface area contributed by atoms with Crippen LogP contribution in [-0.2, 0) is 16.1 Å². The van der Waals surface area contributed by atoms with Gasteiger partial charge in [0.1, 0.15) is 0 Å². The third-order valence-corrected chi connectivity index (χ3v) is 4.85. The van der Waals surface area contributed by atoms with Crippen LogP contribution in [-0.4, -0.2) is 44.6 Å². The molecule has 1 heterocycles. The van der Waals surface area contributed by atoms with E-state index in [-0.39, 0.29) is 11.8 Å². The first-order chi connectivity index (χ1) is 14.5. The van der Waals surface area contributed by atoms with Crippen molar-refractivity contribution in [1.82, 2.24) is 4.90 Å². The molecule has 0 unspecified atom stereocenters. The highest BCUT2D eigenvalue weighted by Gasteiger charge is 2.20. The Labute approximate surface area is 176 Å². The van der Waals surface area contributed by atoms with Crippen molar-refractivity contribution >= 4 is 23.6 Å². The molecule has 0 bridgehead atoms. The van der Waals surface area contributed by atoms with Crippen molar-refractivity contribution in [3.63, 3.8) is 0 Å². The summed E-state index contributed by atoms with van der Waals surface area (Å²) in [7, 11) is 4.62. The van der Waals surface area contributed by atoms with Crippen molar-refractivity contribution in [3.05, 3.63) is 53.6 Å². The lowest BCUT2D eigenvalue weighted by atomic mass is 10.1. The van der Waals surface area contributed by atoms with Crippen LogP contribution in [0.4, 0.5) is 5.69 Å². The molecule has 1 fully saturated rings. The number of carbonyl (C=O) groups excluding carboxylic acids is 2. The van der Waals surface area contributed by atoms with Gasteiger partial charge in [0.15, 0.2) is 11.5 Å². The minimum absolute atomic E-state index is 0.178. The number of rotatable bonds is 8. The molecule has 0 atom stereocenters. The number of hydrogen-bond donors (Lipinski definition) is 1. The van der Waals surface area contributed by atoms with Gasteiger partial charge in [0.25, 0.3) is 0 Å². The van der Waals surface area contributed by atoms with Crippen molar-refractivity contribution in [2.45, 2.75) is 19.4 Å². The lowest BCUT2D eigenvalue weighted by Crippen LogP contribution is -2.23. The molecule has 1 aliphatic heterocycles. The molecule has 1 aliphatic rings. The van der Waals surface area contributed by atoms with Gasteiger partial charge < -0.3 is 24.4 Å². The van der Waals surface area contributed by atoms with Crippen LogP contribution in [0.25, 0.3) is 6.08 Å². The van der Waals surface area contributed by atoms with E-state index in [1.165, 1.54) is 13.2 Å². The summed E-state index contributed by atoms with van der Waals surface area (Å²) >= 11 is 0. The molecule has 7 heteroatoms. The molecule has 2 aromatic carbocycles. The SMILES string of the molecule is COc1cc(/C=C/C(=O)Nc2cccc(CN3CCCC3=O)c2)cc(OC)c1OC. The number of likely N-dealkylation sites (tertiary alicyclic amines) is 1. The highest BCUT2D eigenvalue weighted by Crippen LogP contribution is 2.38. The van der Waals surface area contributed by atoms with Gasteiger partial charge in [0.2, 0.25) is 17.6 Å². The minimum atomic E-state index is -0.266. The van der Waals surface area contributed by atoms with E-state index in [0.29, 0.717) is 35.9 Å². The predicted molar refractivity (Wildman–Crippen MR) is 115 cm³/mol. The Bertz CT molecular complexity index is 929. The van der Waals surface area contributed by atoms with E-state index in [4.69, 9.17) is 14.2 Å². The van der Waals surface area contributed by atoms with Crippen LogP contribution in [0, 0.1) is 0 Å². The zero-order chi connectivity index (χ0) is 21.5. The number of hydrogen-bond acceptors (Lipinski definition) is 5. The number of benzene rings is 2. The number of amides is 2. The second-order valence-electron chi connectivity index (χ2n) is 6.90. The summed E-state index contributed by atoms with van der Waals surface area (Å²) in [5.41, 5.74) is 2.40. The molecule has 2 amide bonds. The smallest absolute Gasteiger partial charge is 0.248 e. The fourth-order valence-electron chi connectivity index (χ4n) is 3.39. The molecule has 0 aromatic heterocycles. The average molecular weight is 410 g/mol. The van der Waals surface area contributed by atoms with Gasteiger partial charge in [-0.3, -0.25) is 9.59 Å². The summed E-state index contributed by atoms with van der Waals surface area (Å²) < 4.78 is 16.0. The Morgan fingerprint density at radius 3 is 2.43 bits per heavy atom. The Kier molecular flexibility index (Phi) is 6.95. The standard InChI is InChI=1S/C23H26N2O5/c1-28-19-13-16(14-20(29-2)23(19)30-3)9-10-21(26)24-18-7-4-6-17(12-18)15-25-11-5-8-22(25)27/h4,6-7,9-10,12-14H,5,8,11,15H2,1-3H3,(H,24,26)/b10-9+.